The van der Waals surface area contributed by atoms with E-state index in [2.05, 4.69) is 32.0 Å². The van der Waals surface area contributed by atoms with Gasteiger partial charge in [-0.3, -0.25) is 0 Å². The average Bonchev–Trinajstić information content (AvgIpc) is 2.18. The van der Waals surface area contributed by atoms with Gasteiger partial charge >= 0.3 is 0 Å². The Morgan fingerprint density at radius 3 is 2.33 bits per heavy atom. The first-order valence-electron chi connectivity index (χ1n) is 5.57. The number of nitrogens with zero attached hydrogens (tertiary/aromatic N) is 1. The van der Waals surface area contributed by atoms with Crippen LogP contribution in [0, 0.1) is 22.7 Å². The predicted octanol–water partition coefficient (Wildman–Crippen LogP) is 3.73. The maximum Gasteiger partial charge on any atom is 0.0741 e. The summed E-state index contributed by atoms with van der Waals surface area (Å²) < 4.78 is 0. The molecule has 0 radical (unpaired) electrons. The van der Waals surface area contributed by atoms with Crippen LogP contribution in [0.15, 0.2) is 30.3 Å². The highest BCUT2D eigenvalue weighted by Gasteiger charge is 2.40. The number of nitriles is 1. The molecule has 0 N–H and O–H groups in total. The van der Waals surface area contributed by atoms with E-state index in [1.807, 2.05) is 18.2 Å². The maximum absolute atomic E-state index is 9.24. The van der Waals surface area contributed by atoms with Crippen LogP contribution in [-0.2, 0) is 0 Å². The van der Waals surface area contributed by atoms with Gasteiger partial charge in [0, 0.05) is 0 Å². The fourth-order valence-electron chi connectivity index (χ4n) is 2.71. The van der Waals surface area contributed by atoms with Crippen LogP contribution in [0.5, 0.6) is 0 Å². The van der Waals surface area contributed by atoms with Crippen molar-refractivity contribution in [1.29, 1.82) is 5.26 Å². The Morgan fingerprint density at radius 2 is 1.87 bits per heavy atom. The lowest BCUT2D eigenvalue weighted by molar-refractivity contribution is 0.0874. The van der Waals surface area contributed by atoms with Crippen molar-refractivity contribution in [3.63, 3.8) is 0 Å². The molecule has 1 saturated carbocycles. The maximum atomic E-state index is 9.24. The largest absolute Gasteiger partial charge is 0.198 e. The summed E-state index contributed by atoms with van der Waals surface area (Å²) in [6, 6.07) is 12.6. The molecule has 0 aromatic heterocycles. The average molecular weight is 199 g/mol. The molecule has 15 heavy (non-hydrogen) atoms. The second-order valence-electron chi connectivity index (χ2n) is 5.35. The molecule has 1 aromatic carbocycles. The van der Waals surface area contributed by atoms with Gasteiger partial charge in [-0.15, -0.1) is 0 Å². The van der Waals surface area contributed by atoms with Crippen molar-refractivity contribution >= 4 is 0 Å². The van der Waals surface area contributed by atoms with Crippen LogP contribution in [0.1, 0.15) is 38.2 Å². The van der Waals surface area contributed by atoms with E-state index in [1.165, 1.54) is 18.4 Å². The third-order valence-corrected chi connectivity index (χ3v) is 3.40. The van der Waals surface area contributed by atoms with E-state index in [0.29, 0.717) is 11.3 Å². The Morgan fingerprint density at radius 1 is 1.27 bits per heavy atom. The molecule has 1 fully saturated rings. The SMILES string of the molecule is CC1(C)CC(C(C#N)c2ccccc2)C1. The van der Waals surface area contributed by atoms with Crippen molar-refractivity contribution in [1.82, 2.24) is 0 Å². The second kappa shape index (κ2) is 3.70. The van der Waals surface area contributed by atoms with Crippen molar-refractivity contribution in [2.24, 2.45) is 11.3 Å². The number of benzene rings is 1. The third-order valence-electron chi connectivity index (χ3n) is 3.40. The van der Waals surface area contributed by atoms with Crippen molar-refractivity contribution in [3.8, 4) is 6.07 Å². The van der Waals surface area contributed by atoms with Crippen LogP contribution < -0.4 is 0 Å². The summed E-state index contributed by atoms with van der Waals surface area (Å²) in [6.45, 7) is 4.56. The van der Waals surface area contributed by atoms with E-state index in [0.717, 1.165) is 0 Å². The van der Waals surface area contributed by atoms with Gasteiger partial charge in [0.2, 0.25) is 0 Å². The van der Waals surface area contributed by atoms with Gasteiger partial charge in [-0.25, -0.2) is 0 Å². The number of hydrogen-bond acceptors (Lipinski definition) is 1. The van der Waals surface area contributed by atoms with Crippen LogP contribution >= 0.6 is 0 Å². The molecule has 0 spiro atoms. The third kappa shape index (κ3) is 2.04. The molecule has 0 saturated heterocycles. The van der Waals surface area contributed by atoms with Crippen molar-refractivity contribution in [2.45, 2.75) is 32.6 Å². The fraction of sp³-hybridized carbons (Fsp3) is 0.500. The molecule has 1 aromatic rings. The van der Waals surface area contributed by atoms with Crippen molar-refractivity contribution in [3.05, 3.63) is 35.9 Å². The Balaban J connectivity index is 2.11. The molecule has 0 bridgehead atoms. The zero-order chi connectivity index (χ0) is 10.9. The van der Waals surface area contributed by atoms with Gasteiger partial charge in [0.05, 0.1) is 12.0 Å². The molecular formula is C14H17N. The summed E-state index contributed by atoms with van der Waals surface area (Å²) in [5.74, 6) is 0.659. The van der Waals surface area contributed by atoms with Crippen LogP contribution in [0.2, 0.25) is 0 Å². The normalized spacial score (nSPS) is 21.4. The van der Waals surface area contributed by atoms with Gasteiger partial charge in [0.25, 0.3) is 0 Å². The molecule has 1 atom stereocenters. The summed E-state index contributed by atoms with van der Waals surface area (Å²) in [5.41, 5.74) is 1.63. The summed E-state index contributed by atoms with van der Waals surface area (Å²) in [7, 11) is 0. The second-order valence-corrected chi connectivity index (χ2v) is 5.35. The molecule has 78 valence electrons. The van der Waals surface area contributed by atoms with Gasteiger partial charge in [0.15, 0.2) is 0 Å². The molecule has 1 nitrogen and oxygen atoms in total. The standard InChI is InChI=1S/C14H17N/c1-14(2)8-12(9-14)13(10-15)11-6-4-3-5-7-11/h3-7,12-13H,8-9H2,1-2H3. The fourth-order valence-corrected chi connectivity index (χ4v) is 2.71. The summed E-state index contributed by atoms with van der Waals surface area (Å²) in [5, 5.41) is 9.24. The van der Waals surface area contributed by atoms with E-state index in [9.17, 15) is 5.26 Å². The Bertz CT molecular complexity index is 364. The summed E-state index contributed by atoms with van der Waals surface area (Å²) >= 11 is 0. The minimum absolute atomic E-state index is 0.0965. The lowest BCUT2D eigenvalue weighted by Gasteiger charge is -2.44. The monoisotopic (exact) mass is 199 g/mol. The quantitative estimate of drug-likeness (QED) is 0.712. The molecule has 1 heteroatoms. The van der Waals surface area contributed by atoms with E-state index in [4.69, 9.17) is 0 Å². The van der Waals surface area contributed by atoms with Crippen molar-refractivity contribution in [2.75, 3.05) is 0 Å². The van der Waals surface area contributed by atoms with E-state index < -0.39 is 0 Å². The van der Waals surface area contributed by atoms with Crippen molar-refractivity contribution < 1.29 is 0 Å². The molecule has 0 aliphatic heterocycles. The summed E-state index contributed by atoms with van der Waals surface area (Å²) in [6.07, 6.45) is 2.36. The Kier molecular flexibility index (Phi) is 2.52. The van der Waals surface area contributed by atoms with E-state index >= 15 is 0 Å². The molecule has 0 amide bonds. The van der Waals surface area contributed by atoms with Gasteiger partial charge in [-0.2, -0.15) is 5.26 Å². The minimum Gasteiger partial charge on any atom is -0.198 e. The highest BCUT2D eigenvalue weighted by Crippen LogP contribution is 2.50. The van der Waals surface area contributed by atoms with Crippen LogP contribution in [0.25, 0.3) is 0 Å². The molecular weight excluding hydrogens is 182 g/mol. The van der Waals surface area contributed by atoms with Gasteiger partial charge in [-0.05, 0) is 29.7 Å². The van der Waals surface area contributed by atoms with Gasteiger partial charge < -0.3 is 0 Å². The van der Waals surface area contributed by atoms with E-state index in [-0.39, 0.29) is 5.92 Å². The Hall–Kier alpha value is -1.29. The van der Waals surface area contributed by atoms with E-state index in [1.54, 1.807) is 0 Å². The molecule has 1 unspecified atom stereocenters. The first-order valence-corrected chi connectivity index (χ1v) is 5.57. The first kappa shape index (κ1) is 10.2. The highest BCUT2D eigenvalue weighted by atomic mass is 14.5. The zero-order valence-electron chi connectivity index (χ0n) is 9.40. The lowest BCUT2D eigenvalue weighted by Crippen LogP contribution is -2.35. The molecule has 1 aliphatic rings. The minimum atomic E-state index is 0.0965. The lowest BCUT2D eigenvalue weighted by atomic mass is 9.59. The first-order chi connectivity index (χ1) is 7.12. The predicted molar refractivity (Wildman–Crippen MR) is 61.3 cm³/mol. The van der Waals surface area contributed by atoms with Crippen LogP contribution in [-0.4, -0.2) is 0 Å². The van der Waals surface area contributed by atoms with Gasteiger partial charge in [-0.1, -0.05) is 44.2 Å². The number of rotatable bonds is 2. The number of hydrogen-bond donors (Lipinski definition) is 0. The van der Waals surface area contributed by atoms with Crippen LogP contribution in [0.4, 0.5) is 0 Å². The molecule has 0 heterocycles. The highest BCUT2D eigenvalue weighted by molar-refractivity contribution is 5.26. The Labute approximate surface area is 91.7 Å². The summed E-state index contributed by atoms with van der Waals surface area (Å²) in [4.78, 5) is 0. The smallest absolute Gasteiger partial charge is 0.0741 e. The van der Waals surface area contributed by atoms with Crippen LogP contribution in [0.3, 0.4) is 0 Å². The van der Waals surface area contributed by atoms with Gasteiger partial charge in [0.1, 0.15) is 0 Å². The zero-order valence-corrected chi connectivity index (χ0v) is 9.40. The molecule has 1 aliphatic carbocycles. The topological polar surface area (TPSA) is 23.8 Å². The molecule has 2 rings (SSSR count).